The van der Waals surface area contributed by atoms with Gasteiger partial charge in [0.25, 0.3) is 0 Å². The molecule has 0 aliphatic heterocycles. The third-order valence-electron chi connectivity index (χ3n) is 2.00. The number of pyridine rings is 1. The zero-order valence-corrected chi connectivity index (χ0v) is 10.3. The van der Waals surface area contributed by atoms with Crippen molar-refractivity contribution in [3.05, 3.63) is 18.2 Å². The van der Waals surface area contributed by atoms with Crippen LogP contribution in [0.5, 0.6) is 5.88 Å². The number of rotatable bonds is 7. The van der Waals surface area contributed by atoms with E-state index in [-0.39, 0.29) is 0 Å². The molecule has 0 aliphatic carbocycles. The van der Waals surface area contributed by atoms with Gasteiger partial charge in [0.05, 0.1) is 6.61 Å². The maximum atomic E-state index is 5.32. The molecule has 1 aromatic rings. The van der Waals surface area contributed by atoms with Crippen LogP contribution in [0.25, 0.3) is 0 Å². The van der Waals surface area contributed by atoms with Crippen LogP contribution >= 0.6 is 0 Å². The maximum absolute atomic E-state index is 5.32. The van der Waals surface area contributed by atoms with E-state index >= 15 is 0 Å². The minimum Gasteiger partial charge on any atom is -0.478 e. The summed E-state index contributed by atoms with van der Waals surface area (Å²) < 4.78 is 5.32. The molecule has 0 atom stereocenters. The van der Waals surface area contributed by atoms with Crippen LogP contribution in [-0.4, -0.2) is 30.7 Å². The van der Waals surface area contributed by atoms with E-state index in [2.05, 4.69) is 29.5 Å². The van der Waals surface area contributed by atoms with Crippen LogP contribution in [0.3, 0.4) is 0 Å². The molecular weight excluding hydrogens is 202 g/mol. The molecule has 1 rings (SSSR count). The standard InChI is InChI=1S/C12H21N3O/c1-4-16-12-7-5-6-11(15-12)14-9-8-13-10(2)3/h5-7,10,13H,4,8-9H2,1-3H3,(H,14,15). The average Bonchev–Trinajstić information content (AvgIpc) is 2.25. The number of ether oxygens (including phenoxy) is 1. The van der Waals surface area contributed by atoms with Gasteiger partial charge >= 0.3 is 0 Å². The smallest absolute Gasteiger partial charge is 0.215 e. The molecule has 4 heteroatoms. The third kappa shape index (κ3) is 4.98. The molecule has 0 bridgehead atoms. The molecule has 0 amide bonds. The highest BCUT2D eigenvalue weighted by molar-refractivity contribution is 5.36. The Morgan fingerprint density at radius 2 is 2.12 bits per heavy atom. The molecule has 0 aromatic carbocycles. The van der Waals surface area contributed by atoms with Gasteiger partial charge in [0, 0.05) is 25.2 Å². The molecule has 0 saturated heterocycles. The van der Waals surface area contributed by atoms with Gasteiger partial charge in [-0.15, -0.1) is 0 Å². The van der Waals surface area contributed by atoms with Crippen LogP contribution in [0, 0.1) is 0 Å². The highest BCUT2D eigenvalue weighted by atomic mass is 16.5. The molecule has 0 radical (unpaired) electrons. The molecule has 0 unspecified atom stereocenters. The van der Waals surface area contributed by atoms with E-state index in [1.54, 1.807) is 0 Å². The molecule has 0 aliphatic rings. The van der Waals surface area contributed by atoms with E-state index in [4.69, 9.17) is 4.74 Å². The largest absolute Gasteiger partial charge is 0.478 e. The summed E-state index contributed by atoms with van der Waals surface area (Å²) in [5.41, 5.74) is 0. The second-order valence-corrected chi connectivity index (χ2v) is 3.83. The van der Waals surface area contributed by atoms with Crippen molar-refractivity contribution in [2.45, 2.75) is 26.8 Å². The predicted octanol–water partition coefficient (Wildman–Crippen LogP) is 1.89. The highest BCUT2D eigenvalue weighted by Crippen LogP contribution is 2.10. The second-order valence-electron chi connectivity index (χ2n) is 3.83. The quantitative estimate of drug-likeness (QED) is 0.693. The summed E-state index contributed by atoms with van der Waals surface area (Å²) in [6.07, 6.45) is 0. The van der Waals surface area contributed by atoms with Crippen molar-refractivity contribution >= 4 is 5.82 Å². The summed E-state index contributed by atoms with van der Waals surface area (Å²) in [6, 6.07) is 6.26. The zero-order valence-electron chi connectivity index (χ0n) is 10.3. The van der Waals surface area contributed by atoms with Crippen molar-refractivity contribution in [3.63, 3.8) is 0 Å². The zero-order chi connectivity index (χ0) is 11.8. The summed E-state index contributed by atoms with van der Waals surface area (Å²) in [6.45, 7) is 8.65. The summed E-state index contributed by atoms with van der Waals surface area (Å²) >= 11 is 0. The molecule has 1 heterocycles. The normalized spacial score (nSPS) is 10.5. The fourth-order valence-corrected chi connectivity index (χ4v) is 1.29. The molecule has 90 valence electrons. The van der Waals surface area contributed by atoms with Crippen LogP contribution in [0.15, 0.2) is 18.2 Å². The second kappa shape index (κ2) is 7.06. The molecule has 4 nitrogen and oxygen atoms in total. The monoisotopic (exact) mass is 223 g/mol. The summed E-state index contributed by atoms with van der Waals surface area (Å²) in [5.74, 6) is 1.53. The van der Waals surface area contributed by atoms with Crippen LogP contribution in [0.1, 0.15) is 20.8 Å². The molecule has 0 fully saturated rings. The van der Waals surface area contributed by atoms with Crippen molar-refractivity contribution in [1.82, 2.24) is 10.3 Å². The molecule has 2 N–H and O–H groups in total. The first-order valence-corrected chi connectivity index (χ1v) is 5.79. The van der Waals surface area contributed by atoms with Gasteiger partial charge in [-0.2, -0.15) is 4.98 Å². The SMILES string of the molecule is CCOc1cccc(NCCNC(C)C)n1. The van der Waals surface area contributed by atoms with Crippen molar-refractivity contribution in [2.75, 3.05) is 25.0 Å². The number of aromatic nitrogens is 1. The molecule has 0 spiro atoms. The first kappa shape index (κ1) is 12.8. The van der Waals surface area contributed by atoms with Gasteiger partial charge in [-0.05, 0) is 13.0 Å². The highest BCUT2D eigenvalue weighted by Gasteiger charge is 1.97. The van der Waals surface area contributed by atoms with Crippen LogP contribution in [-0.2, 0) is 0 Å². The summed E-state index contributed by atoms with van der Waals surface area (Å²) in [4.78, 5) is 4.32. The van der Waals surface area contributed by atoms with Crippen molar-refractivity contribution < 1.29 is 4.74 Å². The molecule has 16 heavy (non-hydrogen) atoms. The maximum Gasteiger partial charge on any atom is 0.215 e. The van der Waals surface area contributed by atoms with Gasteiger partial charge < -0.3 is 15.4 Å². The Hall–Kier alpha value is -1.29. The van der Waals surface area contributed by atoms with Crippen molar-refractivity contribution in [2.24, 2.45) is 0 Å². The van der Waals surface area contributed by atoms with E-state index in [1.165, 1.54) is 0 Å². The topological polar surface area (TPSA) is 46.2 Å². The fourth-order valence-electron chi connectivity index (χ4n) is 1.29. The minimum absolute atomic E-state index is 0.518. The van der Waals surface area contributed by atoms with Crippen LogP contribution in [0.2, 0.25) is 0 Å². The lowest BCUT2D eigenvalue weighted by Gasteiger charge is -2.10. The first-order valence-electron chi connectivity index (χ1n) is 5.79. The van der Waals surface area contributed by atoms with E-state index in [1.807, 2.05) is 25.1 Å². The Kier molecular flexibility index (Phi) is 5.64. The lowest BCUT2D eigenvalue weighted by atomic mass is 10.4. The van der Waals surface area contributed by atoms with E-state index < -0.39 is 0 Å². The lowest BCUT2D eigenvalue weighted by molar-refractivity contribution is 0.327. The van der Waals surface area contributed by atoms with Crippen LogP contribution < -0.4 is 15.4 Å². The number of anilines is 1. The van der Waals surface area contributed by atoms with Crippen molar-refractivity contribution in [3.8, 4) is 5.88 Å². The third-order valence-corrected chi connectivity index (χ3v) is 2.00. The molecule has 1 aromatic heterocycles. The van der Waals surface area contributed by atoms with Gasteiger partial charge in [0.2, 0.25) is 5.88 Å². The van der Waals surface area contributed by atoms with Crippen LogP contribution in [0.4, 0.5) is 5.82 Å². The average molecular weight is 223 g/mol. The van der Waals surface area contributed by atoms with Gasteiger partial charge in [0.15, 0.2) is 0 Å². The minimum atomic E-state index is 0.518. The van der Waals surface area contributed by atoms with Gasteiger partial charge in [-0.3, -0.25) is 0 Å². The Morgan fingerprint density at radius 3 is 2.81 bits per heavy atom. The molecular formula is C12H21N3O. The Morgan fingerprint density at radius 1 is 1.31 bits per heavy atom. The van der Waals surface area contributed by atoms with E-state index in [9.17, 15) is 0 Å². The number of hydrogen-bond donors (Lipinski definition) is 2. The summed E-state index contributed by atoms with van der Waals surface area (Å²) in [7, 11) is 0. The lowest BCUT2D eigenvalue weighted by Crippen LogP contribution is -2.28. The Bertz CT molecular complexity index is 302. The van der Waals surface area contributed by atoms with E-state index in [0.29, 0.717) is 18.5 Å². The fraction of sp³-hybridized carbons (Fsp3) is 0.583. The molecule has 0 saturated carbocycles. The van der Waals surface area contributed by atoms with E-state index in [0.717, 1.165) is 18.9 Å². The number of hydrogen-bond acceptors (Lipinski definition) is 4. The van der Waals surface area contributed by atoms with Crippen molar-refractivity contribution in [1.29, 1.82) is 0 Å². The Balaban J connectivity index is 2.33. The first-order chi connectivity index (χ1) is 7.72. The van der Waals surface area contributed by atoms with Gasteiger partial charge in [0.1, 0.15) is 5.82 Å². The number of nitrogens with zero attached hydrogens (tertiary/aromatic N) is 1. The predicted molar refractivity (Wildman–Crippen MR) is 67.0 cm³/mol. The summed E-state index contributed by atoms with van der Waals surface area (Å²) in [5, 5.41) is 6.58. The van der Waals surface area contributed by atoms with Gasteiger partial charge in [-0.1, -0.05) is 19.9 Å². The van der Waals surface area contributed by atoms with Gasteiger partial charge in [-0.25, -0.2) is 0 Å². The number of nitrogens with one attached hydrogen (secondary N) is 2. The Labute approximate surface area is 97.4 Å².